The van der Waals surface area contributed by atoms with Gasteiger partial charge in [-0.25, -0.2) is 8.42 Å². The fraction of sp³-hybridized carbons (Fsp3) is 0.102. The summed E-state index contributed by atoms with van der Waals surface area (Å²) in [5.74, 6) is -3.35. The largest absolute Gasteiger partial charge is 0.505 e. The number of nitrogens with one attached hydrogen (secondary N) is 1. The molecule has 0 amide bonds. The summed E-state index contributed by atoms with van der Waals surface area (Å²) in [4.78, 5) is 4.09. The Bertz CT molecular complexity index is 5430. The molecule has 92 heavy (non-hydrogen) atoms. The number of azo groups is 4. The number of nitro groups is 1. The predicted molar refractivity (Wildman–Crippen MR) is 321 cm³/mol. The van der Waals surface area contributed by atoms with Crippen molar-refractivity contribution < 1.29 is 106 Å². The van der Waals surface area contributed by atoms with Gasteiger partial charge in [-0.2, -0.15) is 60.7 Å². The van der Waals surface area contributed by atoms with Gasteiger partial charge >= 0.3 is 0 Å². The van der Waals surface area contributed by atoms with E-state index < -0.39 is 197 Å². The number of fused-ring (bicyclic) bond motifs is 2. The maximum atomic E-state index is 13.4. The Morgan fingerprint density at radius 2 is 1.04 bits per heavy atom. The Balaban J connectivity index is 1.17. The molecule has 0 saturated heterocycles. The zero-order valence-electron chi connectivity index (χ0n) is 46.0. The van der Waals surface area contributed by atoms with Crippen LogP contribution in [-0.4, -0.2) is 114 Å². The smallest absolute Gasteiger partial charge is 0.297 e. The van der Waals surface area contributed by atoms with Crippen LogP contribution < -0.4 is 15.2 Å². The molecular formula is C49H41N11O25S7. The number of ether oxygens (including phenoxy) is 1. The second kappa shape index (κ2) is 25.3. The number of nitrogens with zero attached hydrogens (tertiary/aromatic N) is 9. The highest BCUT2D eigenvalue weighted by molar-refractivity contribution is 7.92. The molecule has 0 aliphatic rings. The highest BCUT2D eigenvalue weighted by atomic mass is 32.2. The molecule has 0 unspecified atom stereocenters. The van der Waals surface area contributed by atoms with E-state index in [0.717, 1.165) is 60.2 Å². The number of non-ortho nitro benzene ring substituents is 1. The number of aromatic hydroxyl groups is 2. The van der Waals surface area contributed by atoms with Gasteiger partial charge in [0.15, 0.2) is 11.5 Å². The highest BCUT2D eigenvalue weighted by Gasteiger charge is 2.30. The lowest BCUT2D eigenvalue weighted by atomic mass is 10.1. The molecule has 484 valence electrons. The maximum absolute atomic E-state index is 13.4. The molecule has 0 aromatic heterocycles. The monoisotopic (exact) mass is 1410 g/mol. The summed E-state index contributed by atoms with van der Waals surface area (Å²) >= 11 is 0. The number of anilines is 2. The first kappa shape index (κ1) is 68.4. The van der Waals surface area contributed by atoms with Gasteiger partial charge in [-0.05, 0) is 98.6 Å². The minimum Gasteiger partial charge on any atom is -0.505 e. The topological polar surface area (TPSA) is 590 Å². The molecule has 0 spiro atoms. The van der Waals surface area contributed by atoms with Gasteiger partial charge in [-0.1, -0.05) is 23.8 Å². The average molecular weight is 1410 g/mol. The third-order valence-corrected chi connectivity index (χ3v) is 19.3. The second-order valence-electron chi connectivity index (χ2n) is 19.0. The van der Waals surface area contributed by atoms with Crippen LogP contribution in [0.2, 0.25) is 0 Å². The number of phenols is 2. The molecule has 0 aliphatic heterocycles. The summed E-state index contributed by atoms with van der Waals surface area (Å²) in [6.07, 6.45) is -0.276. The van der Waals surface area contributed by atoms with E-state index >= 15 is 0 Å². The molecule has 0 aliphatic carbocycles. The zero-order chi connectivity index (χ0) is 68.0. The Morgan fingerprint density at radius 1 is 0.511 bits per heavy atom. The standard InChI is InChI=1S/C49H41N11O25S7/c1-24-4-8-28(9-5-24)87(68,69)59-37-18-25(2)36(22-39(37)85-16-3-17-86(65,66)67)56-53-32-12-6-26(19-41(32)89(73,74)75)51-58-46-43(91(79,80)81)21-31-29(47(46)61)10-15-35(49(31)92(82,83)84)55-57-38-23-40(88(70,71)72)30-11-14-34(48(62)44(30)45(38)50)54-52-33-13-7-27(60(63)64)20-42(33)90(76,77)78/h4-15,18-23,59,61-62H,3,16-17,50H2,1-2H3,(H,65,66,67)(H,70,71,72)(H,73,74,75)(H,76,77,78)(H,79,80,81)(H,82,83,84). The van der Waals surface area contributed by atoms with Crippen LogP contribution in [0.25, 0.3) is 21.5 Å². The number of phenolic OH excluding ortho intramolecular Hbond substituents is 2. The van der Waals surface area contributed by atoms with Gasteiger partial charge in [-0.15, -0.1) is 30.7 Å². The Hall–Kier alpha value is -9.51. The van der Waals surface area contributed by atoms with Crippen LogP contribution in [0.5, 0.6) is 17.2 Å². The van der Waals surface area contributed by atoms with E-state index in [1.165, 1.54) is 37.3 Å². The number of hydrogen-bond acceptors (Lipinski definition) is 28. The zero-order valence-corrected chi connectivity index (χ0v) is 51.7. The third-order valence-electron chi connectivity index (χ3n) is 12.6. The fourth-order valence-corrected chi connectivity index (χ4v) is 13.4. The molecule has 8 aromatic rings. The molecule has 0 radical (unpaired) electrons. The number of nitro benzene ring substituents is 1. The number of nitrogen functional groups attached to an aromatic ring is 1. The maximum Gasteiger partial charge on any atom is 0.297 e. The lowest BCUT2D eigenvalue weighted by molar-refractivity contribution is -0.385. The lowest BCUT2D eigenvalue weighted by Gasteiger charge is -2.16. The summed E-state index contributed by atoms with van der Waals surface area (Å²) in [6, 6.07) is 16.8. The molecule has 8 aromatic carbocycles. The van der Waals surface area contributed by atoms with E-state index in [0.29, 0.717) is 24.3 Å². The van der Waals surface area contributed by atoms with Crippen LogP contribution in [0.1, 0.15) is 17.5 Å². The van der Waals surface area contributed by atoms with Crippen molar-refractivity contribution >= 4 is 155 Å². The summed E-state index contributed by atoms with van der Waals surface area (Å²) in [6.45, 7) is 2.76. The molecule has 0 heterocycles. The first-order valence-corrected chi connectivity index (χ1v) is 35.0. The number of sulfonamides is 1. The molecule has 0 saturated carbocycles. The minimum atomic E-state index is -5.69. The van der Waals surface area contributed by atoms with Crippen molar-refractivity contribution in [1.82, 2.24) is 0 Å². The average Bonchev–Trinajstić information content (AvgIpc) is 0.753. The quantitative estimate of drug-likeness (QED) is 0.00753. The predicted octanol–water partition coefficient (Wildman–Crippen LogP) is 9.86. The van der Waals surface area contributed by atoms with E-state index in [2.05, 4.69) is 45.6 Å². The summed E-state index contributed by atoms with van der Waals surface area (Å²) in [5.41, 5.74) is -0.0687. The number of rotatable bonds is 22. The van der Waals surface area contributed by atoms with Crippen molar-refractivity contribution in [1.29, 1.82) is 0 Å². The van der Waals surface area contributed by atoms with Gasteiger partial charge < -0.3 is 20.7 Å². The highest BCUT2D eigenvalue weighted by Crippen LogP contribution is 2.49. The molecule has 36 nitrogen and oxygen atoms in total. The van der Waals surface area contributed by atoms with Crippen molar-refractivity contribution in [3.8, 4) is 17.2 Å². The molecule has 0 fully saturated rings. The molecule has 8 rings (SSSR count). The summed E-state index contributed by atoms with van der Waals surface area (Å²) in [7, 11) is -35.9. The first-order valence-electron chi connectivity index (χ1n) is 24.7. The van der Waals surface area contributed by atoms with Crippen molar-refractivity contribution in [2.75, 3.05) is 22.8 Å². The second-order valence-corrected chi connectivity index (χ2v) is 29.2. The van der Waals surface area contributed by atoms with Crippen LogP contribution in [-0.2, 0) is 70.7 Å². The van der Waals surface area contributed by atoms with Crippen molar-refractivity contribution in [2.45, 2.75) is 49.6 Å². The Morgan fingerprint density at radius 3 is 1.63 bits per heavy atom. The molecule has 43 heteroatoms. The first-order chi connectivity index (χ1) is 42.5. The summed E-state index contributed by atoms with van der Waals surface area (Å²) in [5, 5.41) is 61.2. The van der Waals surface area contributed by atoms with Gasteiger partial charge in [-0.3, -0.25) is 42.2 Å². The Kier molecular flexibility index (Phi) is 18.8. The normalized spacial score (nSPS) is 13.1. The summed E-state index contributed by atoms with van der Waals surface area (Å²) < 4.78 is 245. The van der Waals surface area contributed by atoms with Gasteiger partial charge in [0, 0.05) is 34.4 Å². The van der Waals surface area contributed by atoms with Gasteiger partial charge in [0.25, 0.3) is 76.4 Å². The van der Waals surface area contributed by atoms with Crippen LogP contribution in [0, 0.1) is 24.0 Å². The van der Waals surface area contributed by atoms with Crippen LogP contribution in [0.4, 0.5) is 62.6 Å². The van der Waals surface area contributed by atoms with Crippen LogP contribution in [0.15, 0.2) is 179 Å². The van der Waals surface area contributed by atoms with Crippen LogP contribution >= 0.6 is 0 Å². The molecule has 11 N–H and O–H groups in total. The number of aryl methyl sites for hydroxylation is 2. The third kappa shape index (κ3) is 15.4. The minimum absolute atomic E-state index is 0.119. The van der Waals surface area contributed by atoms with Crippen molar-refractivity contribution in [3.63, 3.8) is 0 Å². The van der Waals surface area contributed by atoms with Crippen LogP contribution in [0.3, 0.4) is 0 Å². The van der Waals surface area contributed by atoms with Crippen molar-refractivity contribution in [3.05, 3.63) is 130 Å². The SMILES string of the molecule is Cc1ccc(S(=O)(=O)Nc2cc(C)c(N=Nc3ccc(N=Nc4c(S(=O)(=O)O)cc5c(S(=O)(=O)O)c(N=Nc6cc(S(=O)(=O)O)c7ccc(N=Nc8ccc([N+](=O)[O-])cc8S(=O)(=O)O)c(O)c7c6N)ccc5c4O)cc3S(=O)(=O)O)cc2OCCCS(=O)(=O)O)cc1. The lowest BCUT2D eigenvalue weighted by Crippen LogP contribution is -2.15. The molecule has 0 atom stereocenters. The van der Waals surface area contributed by atoms with Gasteiger partial charge in [0.1, 0.15) is 64.4 Å². The fourth-order valence-electron chi connectivity index (χ4n) is 8.39. The van der Waals surface area contributed by atoms with E-state index in [1.807, 2.05) is 0 Å². The van der Waals surface area contributed by atoms with E-state index in [-0.39, 0.29) is 34.0 Å². The number of nitrogens with two attached hydrogens (primary N) is 1. The van der Waals surface area contributed by atoms with E-state index in [9.17, 15) is 107 Å². The van der Waals surface area contributed by atoms with Gasteiger partial charge in [0.05, 0.1) is 50.3 Å². The molecule has 0 bridgehead atoms. The van der Waals surface area contributed by atoms with Crippen molar-refractivity contribution in [2.24, 2.45) is 40.9 Å². The van der Waals surface area contributed by atoms with Gasteiger partial charge in [0.2, 0.25) is 0 Å². The molecular weight excluding hydrogens is 1370 g/mol. The Labute approximate surface area is 518 Å². The van der Waals surface area contributed by atoms with E-state index in [1.54, 1.807) is 6.92 Å². The number of hydrogen-bond donors (Lipinski definition) is 10. The van der Waals surface area contributed by atoms with E-state index in [4.69, 9.17) is 10.5 Å². The number of benzene rings is 8.